The minimum atomic E-state index is 0.268. The Kier molecular flexibility index (Phi) is 3.59. The van der Waals surface area contributed by atoms with Crippen molar-refractivity contribution in [3.63, 3.8) is 0 Å². The van der Waals surface area contributed by atoms with E-state index in [1.807, 2.05) is 48.9 Å². The highest BCUT2D eigenvalue weighted by molar-refractivity contribution is 5.55. The van der Waals surface area contributed by atoms with Crippen LogP contribution in [0.5, 0.6) is 0 Å². The Morgan fingerprint density at radius 1 is 1.33 bits per heavy atom. The third-order valence-corrected chi connectivity index (χ3v) is 2.52. The highest BCUT2D eigenvalue weighted by Gasteiger charge is 2.03. The number of rotatable bonds is 2. The van der Waals surface area contributed by atoms with Gasteiger partial charge in [0.15, 0.2) is 0 Å². The highest BCUT2D eigenvalue weighted by atomic mass is 16.1. The average Bonchev–Trinajstić information content (AvgIpc) is 2.69. The Morgan fingerprint density at radius 2 is 2.17 bits per heavy atom. The minimum absolute atomic E-state index is 0.268. The maximum Gasteiger partial charge on any atom is 0.131 e. The molecule has 1 heterocycles. The van der Waals surface area contributed by atoms with Crippen LogP contribution in [-0.4, -0.2) is 16.1 Å². The van der Waals surface area contributed by atoms with Gasteiger partial charge in [-0.2, -0.15) is 5.10 Å². The molecule has 18 heavy (non-hydrogen) atoms. The molecular formula is C15H14N2O. The summed E-state index contributed by atoms with van der Waals surface area (Å²) in [6.07, 6.45) is 1.07. The van der Waals surface area contributed by atoms with Crippen LogP contribution < -0.4 is 0 Å². The fourth-order valence-corrected chi connectivity index (χ4v) is 1.80. The first-order chi connectivity index (χ1) is 8.70. The Bertz CT molecular complexity index is 629. The fourth-order valence-electron chi connectivity index (χ4n) is 1.80. The van der Waals surface area contributed by atoms with Gasteiger partial charge in [-0.25, -0.2) is 4.68 Å². The van der Waals surface area contributed by atoms with E-state index in [-0.39, 0.29) is 6.42 Å². The number of aryl methyl sites for hydroxylation is 2. The first-order valence-electron chi connectivity index (χ1n) is 5.77. The SMILES string of the molecule is Cc1cc(C)n(-c2cccc(C#CCC=O)c2)n1. The van der Waals surface area contributed by atoms with E-state index in [9.17, 15) is 4.79 Å². The number of benzene rings is 1. The van der Waals surface area contributed by atoms with Gasteiger partial charge in [-0.05, 0) is 38.1 Å². The lowest BCUT2D eigenvalue weighted by Gasteiger charge is -2.04. The molecule has 0 fully saturated rings. The average molecular weight is 238 g/mol. The molecule has 0 aliphatic carbocycles. The van der Waals surface area contributed by atoms with E-state index >= 15 is 0 Å². The number of hydrogen-bond acceptors (Lipinski definition) is 2. The number of aldehydes is 1. The van der Waals surface area contributed by atoms with Crippen molar-refractivity contribution < 1.29 is 4.79 Å². The lowest BCUT2D eigenvalue weighted by Crippen LogP contribution is -1.99. The van der Waals surface area contributed by atoms with Crippen molar-refractivity contribution in [3.8, 4) is 17.5 Å². The molecule has 0 saturated carbocycles. The number of carbonyl (C=O) groups excluding carboxylic acids is 1. The first-order valence-corrected chi connectivity index (χ1v) is 5.77. The van der Waals surface area contributed by atoms with Gasteiger partial charge < -0.3 is 4.79 Å². The number of nitrogens with zero attached hydrogens (tertiary/aromatic N) is 2. The second-order valence-corrected chi connectivity index (χ2v) is 4.06. The van der Waals surface area contributed by atoms with Crippen molar-refractivity contribution in [3.05, 3.63) is 47.3 Å². The molecule has 0 aliphatic rings. The van der Waals surface area contributed by atoms with Gasteiger partial charge in [0, 0.05) is 11.3 Å². The molecule has 0 unspecified atom stereocenters. The van der Waals surface area contributed by atoms with Crippen molar-refractivity contribution in [1.82, 2.24) is 9.78 Å². The summed E-state index contributed by atoms with van der Waals surface area (Å²) in [5.74, 6) is 5.76. The van der Waals surface area contributed by atoms with E-state index in [1.165, 1.54) is 0 Å². The second-order valence-electron chi connectivity index (χ2n) is 4.06. The van der Waals surface area contributed by atoms with E-state index in [1.54, 1.807) is 0 Å². The van der Waals surface area contributed by atoms with Crippen LogP contribution in [0.15, 0.2) is 30.3 Å². The number of carbonyl (C=O) groups is 1. The maximum atomic E-state index is 10.2. The van der Waals surface area contributed by atoms with E-state index in [0.29, 0.717) is 0 Å². The van der Waals surface area contributed by atoms with Crippen LogP contribution in [-0.2, 0) is 4.79 Å². The van der Waals surface area contributed by atoms with Crippen LogP contribution in [0.1, 0.15) is 23.4 Å². The topological polar surface area (TPSA) is 34.9 Å². The summed E-state index contributed by atoms with van der Waals surface area (Å²) in [7, 11) is 0. The summed E-state index contributed by atoms with van der Waals surface area (Å²) >= 11 is 0. The van der Waals surface area contributed by atoms with Crippen LogP contribution in [0.4, 0.5) is 0 Å². The summed E-state index contributed by atoms with van der Waals surface area (Å²) in [5, 5.41) is 4.43. The van der Waals surface area contributed by atoms with Crippen LogP contribution >= 0.6 is 0 Å². The van der Waals surface area contributed by atoms with E-state index < -0.39 is 0 Å². The fraction of sp³-hybridized carbons (Fsp3) is 0.200. The third-order valence-electron chi connectivity index (χ3n) is 2.52. The predicted octanol–water partition coefficient (Wildman–Crippen LogP) is 2.43. The molecule has 0 atom stereocenters. The zero-order chi connectivity index (χ0) is 13.0. The Balaban J connectivity index is 2.36. The van der Waals surface area contributed by atoms with Gasteiger partial charge in [0.25, 0.3) is 0 Å². The second kappa shape index (κ2) is 5.33. The number of hydrogen-bond donors (Lipinski definition) is 0. The van der Waals surface area contributed by atoms with Crippen LogP contribution in [0.25, 0.3) is 5.69 Å². The lowest BCUT2D eigenvalue weighted by atomic mass is 10.2. The van der Waals surface area contributed by atoms with Crippen LogP contribution in [0.2, 0.25) is 0 Å². The standard InChI is InChI=1S/C15H14N2O/c1-12-10-13(2)17(16-12)15-8-5-7-14(11-15)6-3-4-9-18/h5,7-11H,4H2,1-2H3. The van der Waals surface area contributed by atoms with Gasteiger partial charge in [0.2, 0.25) is 0 Å². The molecule has 0 saturated heterocycles. The summed E-state index contributed by atoms with van der Waals surface area (Å²) in [5.41, 5.74) is 3.95. The minimum Gasteiger partial charge on any atom is -0.302 e. The molecule has 0 bridgehead atoms. The van der Waals surface area contributed by atoms with Crippen LogP contribution in [0, 0.1) is 25.7 Å². The molecule has 0 amide bonds. The predicted molar refractivity (Wildman–Crippen MR) is 70.6 cm³/mol. The summed E-state index contributed by atoms with van der Waals surface area (Å²) in [6.45, 7) is 3.99. The number of aromatic nitrogens is 2. The Labute approximate surface area is 106 Å². The van der Waals surface area contributed by atoms with Gasteiger partial charge in [0.1, 0.15) is 6.29 Å². The van der Waals surface area contributed by atoms with E-state index in [2.05, 4.69) is 16.9 Å². The largest absolute Gasteiger partial charge is 0.302 e. The summed E-state index contributed by atoms with van der Waals surface area (Å²) in [6, 6.07) is 9.86. The molecule has 0 aliphatic heterocycles. The van der Waals surface area contributed by atoms with Crippen molar-refractivity contribution >= 4 is 6.29 Å². The van der Waals surface area contributed by atoms with Gasteiger partial charge in [-0.15, -0.1) is 0 Å². The van der Waals surface area contributed by atoms with Crippen molar-refractivity contribution in [2.45, 2.75) is 20.3 Å². The Morgan fingerprint density at radius 3 is 2.83 bits per heavy atom. The maximum absolute atomic E-state index is 10.2. The van der Waals surface area contributed by atoms with Gasteiger partial charge in [-0.3, -0.25) is 0 Å². The molecule has 90 valence electrons. The molecule has 2 rings (SSSR count). The zero-order valence-corrected chi connectivity index (χ0v) is 10.5. The van der Waals surface area contributed by atoms with Crippen molar-refractivity contribution in [2.24, 2.45) is 0 Å². The van der Waals surface area contributed by atoms with Gasteiger partial charge in [0.05, 0.1) is 17.8 Å². The summed E-state index contributed by atoms with van der Waals surface area (Å²) < 4.78 is 1.89. The monoisotopic (exact) mass is 238 g/mol. The Hall–Kier alpha value is -2.34. The van der Waals surface area contributed by atoms with Gasteiger partial charge >= 0.3 is 0 Å². The molecule has 0 radical (unpaired) electrons. The smallest absolute Gasteiger partial charge is 0.131 e. The third kappa shape index (κ3) is 2.67. The van der Waals surface area contributed by atoms with Gasteiger partial charge in [-0.1, -0.05) is 17.9 Å². The molecule has 1 aromatic heterocycles. The summed E-state index contributed by atoms with van der Waals surface area (Å²) in [4.78, 5) is 10.2. The lowest BCUT2D eigenvalue weighted by molar-refractivity contribution is -0.107. The van der Waals surface area contributed by atoms with Crippen molar-refractivity contribution in [2.75, 3.05) is 0 Å². The quantitative estimate of drug-likeness (QED) is 0.595. The first kappa shape index (κ1) is 12.1. The molecular weight excluding hydrogens is 224 g/mol. The van der Waals surface area contributed by atoms with E-state index in [0.717, 1.165) is 28.9 Å². The molecule has 0 N–H and O–H groups in total. The van der Waals surface area contributed by atoms with Crippen molar-refractivity contribution in [1.29, 1.82) is 0 Å². The van der Waals surface area contributed by atoms with Crippen LogP contribution in [0.3, 0.4) is 0 Å². The molecule has 2 aromatic rings. The normalized spacial score (nSPS) is 9.67. The highest BCUT2D eigenvalue weighted by Crippen LogP contribution is 2.13. The molecule has 3 heteroatoms. The zero-order valence-electron chi connectivity index (χ0n) is 10.5. The molecule has 3 nitrogen and oxygen atoms in total. The van der Waals surface area contributed by atoms with E-state index in [4.69, 9.17) is 0 Å². The molecule has 1 aromatic carbocycles. The molecule has 0 spiro atoms.